The van der Waals surface area contributed by atoms with Crippen LogP contribution in [0.5, 0.6) is 17.2 Å². The van der Waals surface area contributed by atoms with Crippen LogP contribution in [-0.4, -0.2) is 27.7 Å². The fourth-order valence-corrected chi connectivity index (χ4v) is 4.20. The Hall–Kier alpha value is -2.79. The second-order valence-corrected chi connectivity index (χ2v) is 8.70. The van der Waals surface area contributed by atoms with Crippen molar-refractivity contribution in [2.24, 2.45) is 0 Å². The van der Waals surface area contributed by atoms with Crippen molar-refractivity contribution in [2.45, 2.75) is 63.8 Å². The van der Waals surface area contributed by atoms with Gasteiger partial charge in [-0.1, -0.05) is 24.3 Å². The van der Waals surface area contributed by atoms with Crippen LogP contribution >= 0.6 is 0 Å². The van der Waals surface area contributed by atoms with Crippen LogP contribution in [0.3, 0.4) is 0 Å². The minimum Gasteiger partial charge on any atom is -0.508 e. The van der Waals surface area contributed by atoms with Gasteiger partial charge in [-0.25, -0.2) is 0 Å². The molecule has 2 N–H and O–H groups in total. The maximum atomic E-state index is 12.8. The summed E-state index contributed by atoms with van der Waals surface area (Å²) in [4.78, 5) is 12.8. The summed E-state index contributed by atoms with van der Waals surface area (Å²) in [6.07, 6.45) is 2.21. The highest BCUT2D eigenvalue weighted by Gasteiger charge is 2.37. The molecule has 0 saturated carbocycles. The molecule has 0 amide bonds. The summed E-state index contributed by atoms with van der Waals surface area (Å²) in [5.74, 6) is 1.59. The van der Waals surface area contributed by atoms with Gasteiger partial charge in [-0.3, -0.25) is 4.79 Å². The maximum absolute atomic E-state index is 12.8. The van der Waals surface area contributed by atoms with E-state index in [2.05, 4.69) is 13.5 Å². The third-order valence-corrected chi connectivity index (χ3v) is 6.19. The zero-order chi connectivity index (χ0) is 21.5. The second-order valence-electron chi connectivity index (χ2n) is 8.70. The minimum absolute atomic E-state index is 0.0510. The molecule has 2 aliphatic heterocycles. The first-order valence-corrected chi connectivity index (χ1v) is 10.4. The summed E-state index contributed by atoms with van der Waals surface area (Å²) in [7, 11) is 0. The number of hydrogen-bond acceptors (Lipinski definition) is 5. The SMILES string of the molecule is C=C(C)C(O)CCC1(C)CCc2c(ccc3c2O[C@H](c2ccc(O)cc2)CC3=O)O1. The second kappa shape index (κ2) is 7.80. The molecule has 0 spiro atoms. The number of aliphatic hydroxyl groups is 1. The quantitative estimate of drug-likeness (QED) is 0.688. The van der Waals surface area contributed by atoms with E-state index in [1.54, 1.807) is 30.3 Å². The summed E-state index contributed by atoms with van der Waals surface area (Å²) in [5, 5.41) is 19.6. The average molecular weight is 408 g/mol. The number of aliphatic hydroxyl groups excluding tert-OH is 1. The van der Waals surface area contributed by atoms with Crippen molar-refractivity contribution in [3.63, 3.8) is 0 Å². The lowest BCUT2D eigenvalue weighted by atomic mass is 9.85. The summed E-state index contributed by atoms with van der Waals surface area (Å²) < 4.78 is 12.6. The molecule has 0 saturated heterocycles. The number of hydrogen-bond donors (Lipinski definition) is 2. The third-order valence-electron chi connectivity index (χ3n) is 6.19. The summed E-state index contributed by atoms with van der Waals surface area (Å²) >= 11 is 0. The van der Waals surface area contributed by atoms with Crippen molar-refractivity contribution in [2.75, 3.05) is 0 Å². The first-order chi connectivity index (χ1) is 14.3. The van der Waals surface area contributed by atoms with Crippen LogP contribution in [-0.2, 0) is 6.42 Å². The Morgan fingerprint density at radius 1 is 1.27 bits per heavy atom. The summed E-state index contributed by atoms with van der Waals surface area (Å²) in [6.45, 7) is 7.71. The number of phenols is 1. The summed E-state index contributed by atoms with van der Waals surface area (Å²) in [6, 6.07) is 10.4. The molecule has 2 aliphatic rings. The van der Waals surface area contributed by atoms with Gasteiger partial charge in [0.05, 0.1) is 18.1 Å². The number of Topliss-reactive ketones (excluding diaryl/α,β-unsaturated/α-hetero) is 1. The lowest BCUT2D eigenvalue weighted by Gasteiger charge is -2.38. The predicted molar refractivity (Wildman–Crippen MR) is 114 cm³/mol. The van der Waals surface area contributed by atoms with Gasteiger partial charge in [-0.05, 0) is 69.4 Å². The molecule has 0 fully saturated rings. The molecule has 4 rings (SSSR count). The number of aromatic hydroxyl groups is 1. The molecule has 30 heavy (non-hydrogen) atoms. The Labute approximate surface area is 177 Å². The van der Waals surface area contributed by atoms with E-state index in [1.165, 1.54) is 0 Å². The number of benzene rings is 2. The van der Waals surface area contributed by atoms with Gasteiger partial charge in [0.2, 0.25) is 0 Å². The Bertz CT molecular complexity index is 978. The Kier molecular flexibility index (Phi) is 5.33. The molecule has 2 unspecified atom stereocenters. The number of carbonyl (C=O) groups excluding carboxylic acids is 1. The van der Waals surface area contributed by atoms with Crippen LogP contribution in [0.1, 0.15) is 67.1 Å². The molecule has 5 heteroatoms. The van der Waals surface area contributed by atoms with E-state index in [0.29, 0.717) is 24.2 Å². The highest BCUT2D eigenvalue weighted by Crippen LogP contribution is 2.46. The van der Waals surface area contributed by atoms with Gasteiger partial charge in [0.25, 0.3) is 0 Å². The van der Waals surface area contributed by atoms with Crippen LogP contribution in [0.15, 0.2) is 48.6 Å². The van der Waals surface area contributed by atoms with Gasteiger partial charge >= 0.3 is 0 Å². The van der Waals surface area contributed by atoms with E-state index in [0.717, 1.165) is 35.3 Å². The number of rotatable bonds is 5. The van der Waals surface area contributed by atoms with Gasteiger partial charge in [0, 0.05) is 5.56 Å². The zero-order valence-corrected chi connectivity index (χ0v) is 17.5. The monoisotopic (exact) mass is 408 g/mol. The minimum atomic E-state index is -0.526. The van der Waals surface area contributed by atoms with E-state index in [1.807, 2.05) is 13.0 Å². The highest BCUT2D eigenvalue weighted by atomic mass is 16.5. The first-order valence-electron chi connectivity index (χ1n) is 10.4. The maximum Gasteiger partial charge on any atom is 0.170 e. The van der Waals surface area contributed by atoms with Gasteiger partial charge in [0.15, 0.2) is 5.78 Å². The van der Waals surface area contributed by atoms with Crippen LogP contribution in [0.4, 0.5) is 0 Å². The lowest BCUT2D eigenvalue weighted by molar-refractivity contribution is 0.0400. The Morgan fingerprint density at radius 2 is 2.00 bits per heavy atom. The Morgan fingerprint density at radius 3 is 2.70 bits per heavy atom. The van der Waals surface area contributed by atoms with Crippen molar-refractivity contribution in [3.05, 3.63) is 65.2 Å². The number of ketones is 1. The normalized spacial score (nSPS) is 23.6. The predicted octanol–water partition coefficient (Wildman–Crippen LogP) is 4.90. The molecule has 2 aromatic carbocycles. The zero-order valence-electron chi connectivity index (χ0n) is 17.5. The molecule has 5 nitrogen and oxygen atoms in total. The lowest BCUT2D eigenvalue weighted by Crippen LogP contribution is -2.37. The molecule has 0 radical (unpaired) electrons. The van der Waals surface area contributed by atoms with E-state index in [-0.39, 0.29) is 29.7 Å². The van der Waals surface area contributed by atoms with Crippen molar-refractivity contribution < 1.29 is 24.5 Å². The smallest absolute Gasteiger partial charge is 0.170 e. The number of ether oxygens (including phenoxy) is 2. The molecule has 2 aromatic rings. The van der Waals surface area contributed by atoms with E-state index < -0.39 is 6.10 Å². The summed E-state index contributed by atoms with van der Waals surface area (Å²) in [5.41, 5.74) is 2.78. The molecule has 0 aromatic heterocycles. The molecule has 0 aliphatic carbocycles. The van der Waals surface area contributed by atoms with Gasteiger partial charge in [-0.15, -0.1) is 0 Å². The topological polar surface area (TPSA) is 76.0 Å². The standard InChI is InChI=1S/C25H28O5/c1-15(2)20(27)11-13-25(3)12-10-19-22(30-25)9-8-18-21(28)14-23(29-24(18)19)16-4-6-17(26)7-5-16/h4-9,20,23,26-27H,1,10-14H2,2-3H3/t20?,23-,25?/m0/s1. The van der Waals surface area contributed by atoms with Crippen LogP contribution in [0.2, 0.25) is 0 Å². The van der Waals surface area contributed by atoms with Crippen LogP contribution in [0, 0.1) is 0 Å². The number of carbonyl (C=O) groups is 1. The van der Waals surface area contributed by atoms with E-state index in [4.69, 9.17) is 9.47 Å². The van der Waals surface area contributed by atoms with E-state index in [9.17, 15) is 15.0 Å². The van der Waals surface area contributed by atoms with Gasteiger partial charge in [0.1, 0.15) is 29.0 Å². The Balaban J connectivity index is 1.58. The molecule has 2 heterocycles. The number of fused-ring (bicyclic) bond motifs is 3. The molecular formula is C25H28O5. The van der Waals surface area contributed by atoms with Crippen molar-refractivity contribution >= 4 is 5.78 Å². The van der Waals surface area contributed by atoms with Gasteiger partial charge < -0.3 is 19.7 Å². The van der Waals surface area contributed by atoms with Crippen molar-refractivity contribution in [1.82, 2.24) is 0 Å². The fourth-order valence-electron chi connectivity index (χ4n) is 4.20. The molecule has 3 atom stereocenters. The number of phenolic OH excluding ortho intramolecular Hbond substituents is 1. The van der Waals surface area contributed by atoms with Crippen molar-refractivity contribution in [3.8, 4) is 17.2 Å². The molecule has 0 bridgehead atoms. The average Bonchev–Trinajstić information content (AvgIpc) is 2.72. The fraction of sp³-hybridized carbons (Fsp3) is 0.400. The third kappa shape index (κ3) is 3.94. The van der Waals surface area contributed by atoms with E-state index >= 15 is 0 Å². The highest BCUT2D eigenvalue weighted by molar-refractivity contribution is 6.00. The molecule has 158 valence electrons. The largest absolute Gasteiger partial charge is 0.508 e. The first kappa shape index (κ1) is 20.5. The molecular weight excluding hydrogens is 380 g/mol. The van der Waals surface area contributed by atoms with Crippen LogP contribution in [0.25, 0.3) is 0 Å². The van der Waals surface area contributed by atoms with Crippen LogP contribution < -0.4 is 9.47 Å². The van der Waals surface area contributed by atoms with Crippen molar-refractivity contribution in [1.29, 1.82) is 0 Å². The van der Waals surface area contributed by atoms with Gasteiger partial charge in [-0.2, -0.15) is 0 Å².